The van der Waals surface area contributed by atoms with Crippen LogP contribution < -0.4 is 10.6 Å². The van der Waals surface area contributed by atoms with Gasteiger partial charge < -0.3 is 10.6 Å². The van der Waals surface area contributed by atoms with Gasteiger partial charge in [-0.15, -0.1) is 0 Å². The lowest BCUT2D eigenvalue weighted by atomic mass is 9.89. The van der Waals surface area contributed by atoms with Gasteiger partial charge in [0, 0.05) is 29.7 Å². The average molecular weight is 361 g/mol. The van der Waals surface area contributed by atoms with Crippen molar-refractivity contribution in [3.05, 3.63) is 41.0 Å². The third-order valence-corrected chi connectivity index (χ3v) is 4.66. The van der Waals surface area contributed by atoms with Gasteiger partial charge >= 0.3 is 0 Å². The number of carbonyl (C=O) groups excluding carboxylic acids is 2. The molecule has 0 bridgehead atoms. The number of carbonyl (C=O) groups is 2. The topological polar surface area (TPSA) is 76.0 Å². The fourth-order valence-electron chi connectivity index (χ4n) is 3.05. The monoisotopic (exact) mass is 360 g/mol. The van der Waals surface area contributed by atoms with E-state index in [4.69, 9.17) is 11.6 Å². The first kappa shape index (κ1) is 17.5. The second-order valence-electron chi connectivity index (χ2n) is 6.33. The van der Waals surface area contributed by atoms with Crippen molar-refractivity contribution in [2.75, 3.05) is 10.6 Å². The van der Waals surface area contributed by atoms with Crippen molar-refractivity contribution < 1.29 is 9.59 Å². The van der Waals surface area contributed by atoms with Crippen molar-refractivity contribution >= 4 is 34.9 Å². The summed E-state index contributed by atoms with van der Waals surface area (Å²) in [6, 6.07) is 8.48. The number of rotatable bonds is 4. The van der Waals surface area contributed by atoms with Crippen molar-refractivity contribution in [1.29, 1.82) is 0 Å². The molecule has 6 nitrogen and oxygen atoms in total. The highest BCUT2D eigenvalue weighted by Crippen LogP contribution is 2.25. The van der Waals surface area contributed by atoms with Crippen LogP contribution in [0.5, 0.6) is 0 Å². The average Bonchev–Trinajstić information content (AvgIpc) is 2.96. The van der Waals surface area contributed by atoms with E-state index in [1.807, 2.05) is 0 Å². The molecule has 1 aliphatic carbocycles. The maximum absolute atomic E-state index is 12.4. The van der Waals surface area contributed by atoms with Crippen molar-refractivity contribution in [2.24, 2.45) is 13.0 Å². The van der Waals surface area contributed by atoms with Crippen LogP contribution in [0, 0.1) is 5.92 Å². The molecule has 1 heterocycles. The van der Waals surface area contributed by atoms with E-state index in [1.54, 1.807) is 37.4 Å². The number of nitrogens with one attached hydrogen (secondary N) is 2. The highest BCUT2D eigenvalue weighted by molar-refractivity contribution is 6.30. The summed E-state index contributed by atoms with van der Waals surface area (Å²) in [4.78, 5) is 24.7. The van der Waals surface area contributed by atoms with E-state index in [9.17, 15) is 9.59 Å². The molecule has 2 N–H and O–H groups in total. The molecule has 0 unspecified atom stereocenters. The van der Waals surface area contributed by atoms with Crippen LogP contribution in [0.3, 0.4) is 0 Å². The lowest BCUT2D eigenvalue weighted by Gasteiger charge is -2.20. The predicted octanol–water partition coefficient (Wildman–Crippen LogP) is 3.84. The SMILES string of the molecule is Cn1nc(C(=O)Nc2cccc(Cl)c2)cc1NC(=O)C1CCCCC1. The number of benzene rings is 1. The molecule has 1 fully saturated rings. The maximum Gasteiger partial charge on any atom is 0.276 e. The van der Waals surface area contributed by atoms with Crippen LogP contribution in [0.1, 0.15) is 42.6 Å². The number of aryl methyl sites for hydroxylation is 1. The van der Waals surface area contributed by atoms with E-state index in [2.05, 4.69) is 15.7 Å². The molecule has 1 aromatic heterocycles. The number of aromatic nitrogens is 2. The van der Waals surface area contributed by atoms with E-state index in [0.717, 1.165) is 25.7 Å². The molecule has 0 radical (unpaired) electrons. The minimum atomic E-state index is -0.351. The minimum Gasteiger partial charge on any atom is -0.321 e. The Bertz CT molecular complexity index is 781. The van der Waals surface area contributed by atoms with Crippen LogP contribution in [0.15, 0.2) is 30.3 Å². The van der Waals surface area contributed by atoms with Gasteiger partial charge in [0.05, 0.1) is 0 Å². The summed E-state index contributed by atoms with van der Waals surface area (Å²) < 4.78 is 1.51. The Balaban J connectivity index is 1.66. The molecule has 3 rings (SSSR count). The Kier molecular flexibility index (Phi) is 5.38. The van der Waals surface area contributed by atoms with Gasteiger partial charge in [-0.2, -0.15) is 5.10 Å². The molecule has 2 aromatic rings. The van der Waals surface area contributed by atoms with Gasteiger partial charge in [-0.3, -0.25) is 14.3 Å². The zero-order chi connectivity index (χ0) is 17.8. The predicted molar refractivity (Wildman–Crippen MR) is 97.8 cm³/mol. The Morgan fingerprint density at radius 2 is 1.92 bits per heavy atom. The lowest BCUT2D eigenvalue weighted by molar-refractivity contribution is -0.120. The number of amides is 2. The zero-order valence-electron chi connectivity index (χ0n) is 14.1. The van der Waals surface area contributed by atoms with Crippen molar-refractivity contribution in [3.8, 4) is 0 Å². The standard InChI is InChI=1S/C18H21ClN4O2/c1-23-16(21-17(24)12-6-3-2-4-7-12)11-15(22-23)18(25)20-14-9-5-8-13(19)10-14/h5,8-12H,2-4,6-7H2,1H3,(H,20,25)(H,21,24). The molecule has 2 amide bonds. The first-order valence-electron chi connectivity index (χ1n) is 8.45. The molecule has 0 saturated heterocycles. The second kappa shape index (κ2) is 7.70. The maximum atomic E-state index is 12.4. The van der Waals surface area contributed by atoms with Crippen molar-refractivity contribution in [3.63, 3.8) is 0 Å². The van der Waals surface area contributed by atoms with Gasteiger partial charge in [-0.1, -0.05) is 36.9 Å². The number of halogens is 1. The van der Waals surface area contributed by atoms with E-state index >= 15 is 0 Å². The molecule has 1 aliphatic rings. The van der Waals surface area contributed by atoms with Gasteiger partial charge in [0.2, 0.25) is 5.91 Å². The largest absolute Gasteiger partial charge is 0.321 e. The van der Waals surface area contributed by atoms with Gasteiger partial charge in [-0.05, 0) is 31.0 Å². The molecular weight excluding hydrogens is 340 g/mol. The van der Waals surface area contributed by atoms with Crippen molar-refractivity contribution in [1.82, 2.24) is 9.78 Å². The highest BCUT2D eigenvalue weighted by atomic mass is 35.5. The fourth-order valence-corrected chi connectivity index (χ4v) is 3.24. The van der Waals surface area contributed by atoms with Crippen LogP contribution in [-0.4, -0.2) is 21.6 Å². The van der Waals surface area contributed by atoms with Crippen molar-refractivity contribution in [2.45, 2.75) is 32.1 Å². The molecule has 7 heteroatoms. The third-order valence-electron chi connectivity index (χ3n) is 4.42. The van der Waals surface area contributed by atoms with Gasteiger partial charge in [0.1, 0.15) is 5.82 Å². The van der Waals surface area contributed by atoms with Gasteiger partial charge in [0.25, 0.3) is 5.91 Å². The first-order valence-corrected chi connectivity index (χ1v) is 8.82. The first-order chi connectivity index (χ1) is 12.0. The Labute approximate surface area is 151 Å². The van der Waals surface area contributed by atoms with Crippen LogP contribution in [0.25, 0.3) is 0 Å². The smallest absolute Gasteiger partial charge is 0.276 e. The summed E-state index contributed by atoms with van der Waals surface area (Å²) in [6.45, 7) is 0. The van der Waals surface area contributed by atoms with Crippen LogP contribution in [0.2, 0.25) is 5.02 Å². The number of nitrogens with zero attached hydrogens (tertiary/aromatic N) is 2. The van der Waals surface area contributed by atoms with Crippen LogP contribution >= 0.6 is 11.6 Å². The molecule has 0 aliphatic heterocycles. The van der Waals surface area contributed by atoms with E-state index < -0.39 is 0 Å². The molecule has 25 heavy (non-hydrogen) atoms. The number of hydrogen-bond acceptors (Lipinski definition) is 3. The molecular formula is C18H21ClN4O2. The Morgan fingerprint density at radius 3 is 2.64 bits per heavy atom. The zero-order valence-corrected chi connectivity index (χ0v) is 14.8. The Morgan fingerprint density at radius 1 is 1.16 bits per heavy atom. The van der Waals surface area contributed by atoms with Crippen LogP contribution in [-0.2, 0) is 11.8 Å². The Hall–Kier alpha value is -2.34. The fraction of sp³-hybridized carbons (Fsp3) is 0.389. The normalized spacial score (nSPS) is 15.0. The minimum absolute atomic E-state index is 0.00417. The highest BCUT2D eigenvalue weighted by Gasteiger charge is 2.22. The summed E-state index contributed by atoms with van der Waals surface area (Å²) >= 11 is 5.92. The summed E-state index contributed by atoms with van der Waals surface area (Å²) in [7, 11) is 1.70. The molecule has 1 aromatic carbocycles. The van der Waals surface area contributed by atoms with Gasteiger partial charge in [-0.25, -0.2) is 0 Å². The molecule has 132 valence electrons. The molecule has 1 saturated carbocycles. The summed E-state index contributed by atoms with van der Waals surface area (Å²) in [6.07, 6.45) is 5.23. The summed E-state index contributed by atoms with van der Waals surface area (Å²) in [5, 5.41) is 10.4. The molecule has 0 atom stereocenters. The third kappa shape index (κ3) is 4.39. The quantitative estimate of drug-likeness (QED) is 0.869. The van der Waals surface area contributed by atoms with E-state index in [0.29, 0.717) is 16.5 Å². The second-order valence-corrected chi connectivity index (χ2v) is 6.76. The van der Waals surface area contributed by atoms with E-state index in [1.165, 1.54) is 11.1 Å². The van der Waals surface area contributed by atoms with Gasteiger partial charge in [0.15, 0.2) is 5.69 Å². The van der Waals surface area contributed by atoms with E-state index in [-0.39, 0.29) is 23.4 Å². The lowest BCUT2D eigenvalue weighted by Crippen LogP contribution is -2.25. The number of hydrogen-bond donors (Lipinski definition) is 2. The summed E-state index contributed by atoms with van der Waals surface area (Å²) in [5.41, 5.74) is 0.831. The summed E-state index contributed by atoms with van der Waals surface area (Å²) in [5.74, 6) is 0.222. The molecule has 0 spiro atoms. The number of anilines is 2. The van der Waals surface area contributed by atoms with Crippen LogP contribution in [0.4, 0.5) is 11.5 Å².